The Morgan fingerprint density at radius 1 is 1.19 bits per heavy atom. The molecule has 0 atom stereocenters. The van der Waals surface area contributed by atoms with Crippen LogP contribution in [0.3, 0.4) is 0 Å². The molecule has 0 radical (unpaired) electrons. The van der Waals surface area contributed by atoms with Crippen molar-refractivity contribution in [2.75, 3.05) is 0 Å². The minimum Gasteiger partial charge on any atom is -0.305 e. The van der Waals surface area contributed by atoms with Gasteiger partial charge in [-0.2, -0.15) is 0 Å². The van der Waals surface area contributed by atoms with Gasteiger partial charge in [-0.3, -0.25) is 15.0 Å². The van der Waals surface area contributed by atoms with Gasteiger partial charge in [0.1, 0.15) is 11.4 Å². The number of rotatable bonds is 3. The van der Waals surface area contributed by atoms with Crippen LogP contribution in [0.4, 0.5) is 4.39 Å². The van der Waals surface area contributed by atoms with Gasteiger partial charge in [-0.1, -0.05) is 0 Å². The summed E-state index contributed by atoms with van der Waals surface area (Å²) in [6.45, 7) is 3.66. The molecule has 2 aromatic rings. The first-order chi connectivity index (χ1) is 9.95. The summed E-state index contributed by atoms with van der Waals surface area (Å²) in [5.41, 5.74) is 2.80. The molecule has 0 unspecified atom stereocenters. The summed E-state index contributed by atoms with van der Waals surface area (Å²) < 4.78 is 14.5. The Morgan fingerprint density at radius 3 is 2.33 bits per heavy atom. The molecule has 6 heteroatoms. The van der Waals surface area contributed by atoms with E-state index in [4.69, 9.17) is 5.84 Å². The van der Waals surface area contributed by atoms with Crippen LogP contribution in [0.25, 0.3) is 11.3 Å². The molecule has 1 aromatic carbocycles. The highest BCUT2D eigenvalue weighted by Crippen LogP contribution is 2.21. The van der Waals surface area contributed by atoms with Crippen molar-refractivity contribution in [3.8, 4) is 11.3 Å². The molecule has 1 aromatic heterocycles. The molecule has 110 valence electrons. The molecule has 0 aliphatic heterocycles. The third-order valence-corrected chi connectivity index (χ3v) is 3.15. The van der Waals surface area contributed by atoms with Crippen LogP contribution in [-0.2, 0) is 0 Å². The van der Waals surface area contributed by atoms with Gasteiger partial charge in [-0.25, -0.2) is 10.2 Å². The maximum atomic E-state index is 13.0. The maximum Gasteiger partial charge on any atom is 0.270 e. The molecule has 1 heterocycles. The van der Waals surface area contributed by atoms with Crippen molar-refractivity contribution in [3.05, 3.63) is 58.1 Å². The lowest BCUT2D eigenvalue weighted by Crippen LogP contribution is -2.37. The smallest absolute Gasteiger partial charge is 0.270 e. The van der Waals surface area contributed by atoms with Crippen LogP contribution in [0.15, 0.2) is 41.2 Å². The molecule has 3 N–H and O–H groups in total. The number of hydrazine groups is 1. The quantitative estimate of drug-likeness (QED) is 0.514. The lowest BCUT2D eigenvalue weighted by molar-refractivity contribution is 0.0951. The number of benzene rings is 1. The lowest BCUT2D eigenvalue weighted by Gasteiger charge is -2.17. The van der Waals surface area contributed by atoms with Crippen LogP contribution in [0.2, 0.25) is 0 Å². The molecule has 2 rings (SSSR count). The minimum atomic E-state index is -0.639. The van der Waals surface area contributed by atoms with Crippen LogP contribution < -0.4 is 16.8 Å². The predicted molar refractivity (Wildman–Crippen MR) is 78.1 cm³/mol. The van der Waals surface area contributed by atoms with Crippen molar-refractivity contribution in [1.82, 2.24) is 9.99 Å². The topological polar surface area (TPSA) is 77.1 Å². The van der Waals surface area contributed by atoms with Crippen molar-refractivity contribution in [1.29, 1.82) is 0 Å². The molecule has 0 spiro atoms. The van der Waals surface area contributed by atoms with E-state index in [0.29, 0.717) is 11.3 Å². The highest BCUT2D eigenvalue weighted by molar-refractivity contribution is 5.93. The summed E-state index contributed by atoms with van der Waals surface area (Å²) in [4.78, 5) is 24.0. The Bertz CT molecular complexity index is 721. The van der Waals surface area contributed by atoms with E-state index in [1.807, 2.05) is 19.3 Å². The van der Waals surface area contributed by atoms with Gasteiger partial charge in [0, 0.05) is 6.04 Å². The van der Waals surface area contributed by atoms with Gasteiger partial charge < -0.3 is 4.57 Å². The van der Waals surface area contributed by atoms with Crippen LogP contribution in [0.5, 0.6) is 0 Å². The molecule has 0 aliphatic carbocycles. The number of hydrogen-bond acceptors (Lipinski definition) is 3. The first-order valence-corrected chi connectivity index (χ1v) is 6.48. The van der Waals surface area contributed by atoms with Gasteiger partial charge >= 0.3 is 0 Å². The van der Waals surface area contributed by atoms with Gasteiger partial charge in [-0.15, -0.1) is 0 Å². The highest BCUT2D eigenvalue weighted by Gasteiger charge is 2.16. The summed E-state index contributed by atoms with van der Waals surface area (Å²) in [6.07, 6.45) is 0. The number of nitrogens with zero attached hydrogens (tertiary/aromatic N) is 1. The predicted octanol–water partition coefficient (Wildman–Crippen LogP) is 1.84. The summed E-state index contributed by atoms with van der Waals surface area (Å²) in [5, 5.41) is 0. The molecule has 5 nitrogen and oxygen atoms in total. The number of aromatic nitrogens is 1. The zero-order valence-electron chi connectivity index (χ0n) is 11.8. The molecular weight excluding hydrogens is 273 g/mol. The highest BCUT2D eigenvalue weighted by atomic mass is 19.1. The number of carbonyl (C=O) groups is 1. The van der Waals surface area contributed by atoms with Gasteiger partial charge in [0.15, 0.2) is 0 Å². The Labute approximate surface area is 121 Å². The van der Waals surface area contributed by atoms with Crippen LogP contribution in [-0.4, -0.2) is 10.5 Å². The number of nitrogens with one attached hydrogen (secondary N) is 1. The van der Waals surface area contributed by atoms with E-state index in [2.05, 4.69) is 0 Å². The van der Waals surface area contributed by atoms with Crippen LogP contribution in [0, 0.1) is 5.82 Å². The van der Waals surface area contributed by atoms with Crippen molar-refractivity contribution in [2.24, 2.45) is 5.84 Å². The fourth-order valence-corrected chi connectivity index (χ4v) is 2.17. The molecule has 0 saturated heterocycles. The number of nitrogens with two attached hydrogens (primary N) is 1. The fraction of sp³-hybridized carbons (Fsp3) is 0.200. The van der Waals surface area contributed by atoms with Gasteiger partial charge in [0.05, 0.1) is 5.69 Å². The second-order valence-electron chi connectivity index (χ2n) is 4.88. The molecule has 0 saturated carbocycles. The first kappa shape index (κ1) is 14.9. The van der Waals surface area contributed by atoms with E-state index in [1.54, 1.807) is 18.2 Å². The summed E-state index contributed by atoms with van der Waals surface area (Å²) in [6, 6.07) is 8.73. The van der Waals surface area contributed by atoms with Gasteiger partial charge in [0.25, 0.3) is 11.5 Å². The van der Waals surface area contributed by atoms with Crippen molar-refractivity contribution < 1.29 is 9.18 Å². The molecule has 0 bridgehead atoms. The Kier molecular flexibility index (Phi) is 4.18. The number of hydrogen-bond donors (Lipinski definition) is 2. The van der Waals surface area contributed by atoms with Gasteiger partial charge in [-0.05, 0) is 55.8 Å². The van der Waals surface area contributed by atoms with Crippen molar-refractivity contribution in [2.45, 2.75) is 19.9 Å². The second-order valence-corrected chi connectivity index (χ2v) is 4.88. The lowest BCUT2D eigenvalue weighted by atomic mass is 10.1. The number of pyridine rings is 1. The second kappa shape index (κ2) is 5.88. The number of amides is 1. The molecular formula is C15H16FN3O2. The standard InChI is InChI=1S/C15H16FN3O2/c1-9(2)19-13(10-3-5-11(16)6-4-10)8-7-12(15(19)21)14(20)18-17/h3-9H,17H2,1-2H3,(H,18,20). The van der Waals surface area contributed by atoms with Crippen LogP contribution >= 0.6 is 0 Å². The van der Waals surface area contributed by atoms with E-state index in [-0.39, 0.29) is 17.4 Å². The maximum absolute atomic E-state index is 13.0. The SMILES string of the molecule is CC(C)n1c(-c2ccc(F)cc2)ccc(C(=O)NN)c1=O. The zero-order valence-corrected chi connectivity index (χ0v) is 11.8. The average molecular weight is 289 g/mol. The number of halogens is 1. The number of carbonyl (C=O) groups excluding carboxylic acids is 1. The van der Waals surface area contributed by atoms with Crippen molar-refractivity contribution in [3.63, 3.8) is 0 Å². The Hall–Kier alpha value is -2.47. The third kappa shape index (κ3) is 2.85. The van der Waals surface area contributed by atoms with Gasteiger partial charge in [0.2, 0.25) is 0 Å². The molecule has 1 amide bonds. The van der Waals surface area contributed by atoms with E-state index in [0.717, 1.165) is 0 Å². The molecule has 0 fully saturated rings. The van der Waals surface area contributed by atoms with Crippen molar-refractivity contribution >= 4 is 5.91 Å². The largest absolute Gasteiger partial charge is 0.305 e. The van der Waals surface area contributed by atoms with E-state index in [9.17, 15) is 14.0 Å². The summed E-state index contributed by atoms with van der Waals surface area (Å²) >= 11 is 0. The van der Waals surface area contributed by atoms with E-state index >= 15 is 0 Å². The summed E-state index contributed by atoms with van der Waals surface area (Å²) in [7, 11) is 0. The van der Waals surface area contributed by atoms with Crippen LogP contribution in [0.1, 0.15) is 30.2 Å². The normalized spacial score (nSPS) is 10.7. The third-order valence-electron chi connectivity index (χ3n) is 3.15. The minimum absolute atomic E-state index is 0.0305. The fourth-order valence-electron chi connectivity index (χ4n) is 2.17. The van der Waals surface area contributed by atoms with E-state index in [1.165, 1.54) is 22.8 Å². The first-order valence-electron chi connectivity index (χ1n) is 6.48. The monoisotopic (exact) mass is 289 g/mol. The number of nitrogen functional groups attached to an aromatic ring is 1. The molecule has 0 aliphatic rings. The van der Waals surface area contributed by atoms with E-state index < -0.39 is 11.5 Å². The molecule has 21 heavy (non-hydrogen) atoms. The average Bonchev–Trinajstić information content (AvgIpc) is 2.46. The Morgan fingerprint density at radius 2 is 1.81 bits per heavy atom. The zero-order chi connectivity index (χ0) is 15.6. The Balaban J connectivity index is 2.68. The summed E-state index contributed by atoms with van der Waals surface area (Å²) in [5.74, 6) is 4.09.